The Hall–Kier alpha value is -2.63. The molecule has 0 spiro atoms. The first-order chi connectivity index (χ1) is 10.3. The van der Waals surface area contributed by atoms with E-state index < -0.39 is 23.5 Å². The molecule has 0 radical (unpaired) electrons. The SMILES string of the molecule is O=C(O)/C=C/c1ccc(F)c(-c2cccc(C(F)(F)F)c2)c1. The second-order valence-electron chi connectivity index (χ2n) is 4.49. The second-order valence-corrected chi connectivity index (χ2v) is 4.49. The molecule has 0 aliphatic carbocycles. The molecule has 114 valence electrons. The van der Waals surface area contributed by atoms with E-state index in [2.05, 4.69) is 0 Å². The first-order valence-corrected chi connectivity index (χ1v) is 6.15. The lowest BCUT2D eigenvalue weighted by Crippen LogP contribution is -2.04. The normalized spacial score (nSPS) is 11.8. The van der Waals surface area contributed by atoms with Crippen LogP contribution in [-0.4, -0.2) is 11.1 Å². The molecule has 0 aromatic heterocycles. The summed E-state index contributed by atoms with van der Waals surface area (Å²) in [7, 11) is 0. The van der Waals surface area contributed by atoms with Gasteiger partial charge in [0.1, 0.15) is 5.82 Å². The molecule has 0 amide bonds. The van der Waals surface area contributed by atoms with Crippen molar-refractivity contribution in [2.45, 2.75) is 6.18 Å². The number of benzene rings is 2. The Kier molecular flexibility index (Phi) is 4.30. The summed E-state index contributed by atoms with van der Waals surface area (Å²) < 4.78 is 52.0. The molecule has 0 aliphatic heterocycles. The standard InChI is InChI=1S/C16H10F4O2/c17-14-6-4-10(5-7-15(21)22)8-13(14)11-2-1-3-12(9-11)16(18,19)20/h1-9H,(H,21,22)/b7-5+. The van der Waals surface area contributed by atoms with Crippen molar-refractivity contribution < 1.29 is 27.5 Å². The average Bonchev–Trinajstić information content (AvgIpc) is 2.45. The van der Waals surface area contributed by atoms with E-state index in [1.165, 1.54) is 30.3 Å². The van der Waals surface area contributed by atoms with Gasteiger partial charge in [-0.2, -0.15) is 13.2 Å². The lowest BCUT2D eigenvalue weighted by Gasteiger charge is -2.10. The first-order valence-electron chi connectivity index (χ1n) is 6.15. The summed E-state index contributed by atoms with van der Waals surface area (Å²) in [6.45, 7) is 0. The van der Waals surface area contributed by atoms with E-state index in [1.807, 2.05) is 0 Å². The molecule has 6 heteroatoms. The number of hydrogen-bond donors (Lipinski definition) is 1. The van der Waals surface area contributed by atoms with Gasteiger partial charge in [-0.3, -0.25) is 0 Å². The summed E-state index contributed by atoms with van der Waals surface area (Å²) >= 11 is 0. The number of carbonyl (C=O) groups is 1. The average molecular weight is 310 g/mol. The number of carboxylic acid groups (broad SMARTS) is 1. The third-order valence-corrected chi connectivity index (χ3v) is 2.91. The monoisotopic (exact) mass is 310 g/mol. The maximum Gasteiger partial charge on any atom is 0.416 e. The Morgan fingerprint density at radius 1 is 1.09 bits per heavy atom. The van der Waals surface area contributed by atoms with Crippen LogP contribution in [0.2, 0.25) is 0 Å². The van der Waals surface area contributed by atoms with E-state index in [9.17, 15) is 22.4 Å². The fraction of sp³-hybridized carbons (Fsp3) is 0.0625. The van der Waals surface area contributed by atoms with Gasteiger partial charge in [0.05, 0.1) is 5.56 Å². The van der Waals surface area contributed by atoms with Crippen LogP contribution >= 0.6 is 0 Å². The van der Waals surface area contributed by atoms with Crippen molar-refractivity contribution >= 4 is 12.0 Å². The van der Waals surface area contributed by atoms with Gasteiger partial charge < -0.3 is 5.11 Å². The Bertz CT molecular complexity index is 733. The minimum atomic E-state index is -4.52. The quantitative estimate of drug-likeness (QED) is 0.664. The van der Waals surface area contributed by atoms with E-state index in [0.717, 1.165) is 24.3 Å². The third kappa shape index (κ3) is 3.72. The van der Waals surface area contributed by atoms with Crippen molar-refractivity contribution in [1.29, 1.82) is 0 Å². The van der Waals surface area contributed by atoms with Crippen LogP contribution in [0.3, 0.4) is 0 Å². The Balaban J connectivity index is 2.48. The van der Waals surface area contributed by atoms with E-state index in [4.69, 9.17) is 5.11 Å². The van der Waals surface area contributed by atoms with Crippen LogP contribution in [0.5, 0.6) is 0 Å². The van der Waals surface area contributed by atoms with Crippen LogP contribution in [0.1, 0.15) is 11.1 Å². The molecule has 1 N–H and O–H groups in total. The summed E-state index contributed by atoms with van der Waals surface area (Å²) in [6.07, 6.45) is -2.42. The molecule has 2 aromatic rings. The molecule has 0 atom stereocenters. The van der Waals surface area contributed by atoms with Gasteiger partial charge in [0, 0.05) is 11.6 Å². The molecule has 0 fully saturated rings. The molecular weight excluding hydrogens is 300 g/mol. The van der Waals surface area contributed by atoms with Gasteiger partial charge in [-0.25, -0.2) is 9.18 Å². The first kappa shape index (κ1) is 15.8. The van der Waals surface area contributed by atoms with Crippen molar-refractivity contribution in [3.8, 4) is 11.1 Å². The van der Waals surface area contributed by atoms with Crippen molar-refractivity contribution in [3.05, 3.63) is 65.5 Å². The van der Waals surface area contributed by atoms with E-state index in [1.54, 1.807) is 0 Å². The topological polar surface area (TPSA) is 37.3 Å². The number of aliphatic carboxylic acids is 1. The molecule has 0 saturated heterocycles. The summed E-state index contributed by atoms with van der Waals surface area (Å²) in [6, 6.07) is 8.02. The van der Waals surface area contributed by atoms with Gasteiger partial charge in [0.25, 0.3) is 0 Å². The number of hydrogen-bond acceptors (Lipinski definition) is 1. The number of carboxylic acids is 1. The minimum Gasteiger partial charge on any atom is -0.478 e. The van der Waals surface area contributed by atoms with Crippen molar-refractivity contribution in [3.63, 3.8) is 0 Å². The van der Waals surface area contributed by atoms with Crippen LogP contribution in [-0.2, 0) is 11.0 Å². The molecule has 0 aliphatic rings. The van der Waals surface area contributed by atoms with Gasteiger partial charge in [0.15, 0.2) is 0 Å². The summed E-state index contributed by atoms with van der Waals surface area (Å²) in [5.74, 6) is -1.86. The highest BCUT2D eigenvalue weighted by Gasteiger charge is 2.30. The van der Waals surface area contributed by atoms with E-state index in [0.29, 0.717) is 5.56 Å². The zero-order valence-corrected chi connectivity index (χ0v) is 11.1. The Morgan fingerprint density at radius 3 is 2.45 bits per heavy atom. The van der Waals surface area contributed by atoms with Gasteiger partial charge >= 0.3 is 12.1 Å². The summed E-state index contributed by atoms with van der Waals surface area (Å²) in [5, 5.41) is 8.56. The highest BCUT2D eigenvalue weighted by atomic mass is 19.4. The molecule has 22 heavy (non-hydrogen) atoms. The fourth-order valence-electron chi connectivity index (χ4n) is 1.90. The van der Waals surface area contributed by atoms with E-state index in [-0.39, 0.29) is 11.1 Å². The Morgan fingerprint density at radius 2 is 1.82 bits per heavy atom. The summed E-state index contributed by atoms with van der Waals surface area (Å²) in [5.41, 5.74) is -0.469. The lowest BCUT2D eigenvalue weighted by atomic mass is 10.00. The fourth-order valence-corrected chi connectivity index (χ4v) is 1.90. The Labute approximate surface area is 123 Å². The van der Waals surface area contributed by atoms with Crippen molar-refractivity contribution in [1.82, 2.24) is 0 Å². The van der Waals surface area contributed by atoms with Crippen LogP contribution in [0.15, 0.2) is 48.5 Å². The van der Waals surface area contributed by atoms with Crippen LogP contribution in [0.25, 0.3) is 17.2 Å². The minimum absolute atomic E-state index is 0.0290. The van der Waals surface area contributed by atoms with Crippen LogP contribution in [0.4, 0.5) is 17.6 Å². The zero-order chi connectivity index (χ0) is 16.3. The zero-order valence-electron chi connectivity index (χ0n) is 11.1. The maximum absolute atomic E-state index is 13.9. The molecule has 0 unspecified atom stereocenters. The number of alkyl halides is 3. The van der Waals surface area contributed by atoms with Crippen molar-refractivity contribution in [2.24, 2.45) is 0 Å². The molecule has 2 aromatic carbocycles. The molecule has 0 bridgehead atoms. The number of rotatable bonds is 3. The summed E-state index contributed by atoms with van der Waals surface area (Å²) in [4.78, 5) is 10.5. The van der Waals surface area contributed by atoms with Gasteiger partial charge in [-0.05, 0) is 41.5 Å². The number of halogens is 4. The van der Waals surface area contributed by atoms with Crippen LogP contribution < -0.4 is 0 Å². The highest BCUT2D eigenvalue weighted by molar-refractivity contribution is 5.85. The van der Waals surface area contributed by atoms with Crippen molar-refractivity contribution in [2.75, 3.05) is 0 Å². The second kappa shape index (κ2) is 6.01. The lowest BCUT2D eigenvalue weighted by molar-refractivity contribution is -0.137. The maximum atomic E-state index is 13.9. The smallest absolute Gasteiger partial charge is 0.416 e. The van der Waals surface area contributed by atoms with Gasteiger partial charge in [-0.1, -0.05) is 18.2 Å². The molecule has 2 rings (SSSR count). The molecule has 0 heterocycles. The largest absolute Gasteiger partial charge is 0.478 e. The molecular formula is C16H10F4O2. The molecule has 2 nitrogen and oxygen atoms in total. The highest BCUT2D eigenvalue weighted by Crippen LogP contribution is 2.33. The van der Waals surface area contributed by atoms with Gasteiger partial charge in [-0.15, -0.1) is 0 Å². The molecule has 0 saturated carbocycles. The van der Waals surface area contributed by atoms with Crippen LogP contribution in [0, 0.1) is 5.82 Å². The third-order valence-electron chi connectivity index (χ3n) is 2.91. The predicted molar refractivity (Wildman–Crippen MR) is 73.5 cm³/mol. The predicted octanol–water partition coefficient (Wildman–Crippen LogP) is 4.61. The van der Waals surface area contributed by atoms with Gasteiger partial charge in [0.2, 0.25) is 0 Å². The van der Waals surface area contributed by atoms with E-state index >= 15 is 0 Å².